The van der Waals surface area contributed by atoms with E-state index in [2.05, 4.69) is 0 Å². The smallest absolute Gasteiger partial charge is 0.242 e. The van der Waals surface area contributed by atoms with E-state index >= 15 is 0 Å². The van der Waals surface area contributed by atoms with Gasteiger partial charge in [-0.1, -0.05) is 12.8 Å². The number of hydrogen-bond donors (Lipinski definition) is 1. The number of nitrogens with zero attached hydrogens (tertiary/aromatic N) is 2. The van der Waals surface area contributed by atoms with Gasteiger partial charge in [0.25, 0.3) is 0 Å². The van der Waals surface area contributed by atoms with Crippen molar-refractivity contribution >= 4 is 24.2 Å². The summed E-state index contributed by atoms with van der Waals surface area (Å²) in [7, 11) is 1.86. The number of hydrogen-bond acceptors (Lipinski definition) is 3. The largest absolute Gasteiger partial charge is 0.343 e. The lowest BCUT2D eigenvalue weighted by Gasteiger charge is -2.37. The fourth-order valence-corrected chi connectivity index (χ4v) is 3.41. The zero-order valence-electron chi connectivity index (χ0n) is 14.0. The molecule has 1 heterocycles. The van der Waals surface area contributed by atoms with Crippen molar-refractivity contribution in [1.82, 2.24) is 9.80 Å². The van der Waals surface area contributed by atoms with E-state index in [1.807, 2.05) is 30.7 Å². The van der Waals surface area contributed by atoms with Crippen LogP contribution in [0.25, 0.3) is 0 Å². The van der Waals surface area contributed by atoms with E-state index in [0.29, 0.717) is 13.1 Å². The van der Waals surface area contributed by atoms with E-state index in [1.165, 1.54) is 0 Å². The molecule has 6 heteroatoms. The summed E-state index contributed by atoms with van der Waals surface area (Å²) in [6.07, 6.45) is 5.24. The molecule has 1 aliphatic heterocycles. The van der Waals surface area contributed by atoms with Crippen LogP contribution in [0.1, 0.15) is 52.4 Å². The SMILES string of the molecule is CC(C)N(C)C(=O)C1CCN(C(=O)C2(N)CCCC2)CC1.Cl. The van der Waals surface area contributed by atoms with Crippen LogP contribution < -0.4 is 5.73 Å². The molecule has 2 amide bonds. The maximum Gasteiger partial charge on any atom is 0.242 e. The van der Waals surface area contributed by atoms with Gasteiger partial charge < -0.3 is 15.5 Å². The van der Waals surface area contributed by atoms with Crippen LogP contribution >= 0.6 is 12.4 Å². The first-order chi connectivity index (χ1) is 9.85. The molecule has 2 aliphatic rings. The monoisotopic (exact) mass is 331 g/mol. The summed E-state index contributed by atoms with van der Waals surface area (Å²) in [6, 6.07) is 0.225. The Balaban J connectivity index is 0.00000242. The molecular formula is C16H30ClN3O2. The first-order valence-electron chi connectivity index (χ1n) is 8.20. The number of likely N-dealkylation sites (tertiary alicyclic amines) is 1. The molecular weight excluding hydrogens is 302 g/mol. The van der Waals surface area contributed by atoms with Crippen molar-refractivity contribution in [3.8, 4) is 0 Å². The van der Waals surface area contributed by atoms with E-state index < -0.39 is 5.54 Å². The second-order valence-corrected chi connectivity index (χ2v) is 6.97. The summed E-state index contributed by atoms with van der Waals surface area (Å²) in [5, 5.41) is 0. The third-order valence-electron chi connectivity index (χ3n) is 5.18. The lowest BCUT2D eigenvalue weighted by atomic mass is 9.91. The zero-order valence-corrected chi connectivity index (χ0v) is 14.8. The van der Waals surface area contributed by atoms with Crippen LogP contribution in [0, 0.1) is 5.92 Å². The topological polar surface area (TPSA) is 66.6 Å². The lowest BCUT2D eigenvalue weighted by Crippen LogP contribution is -2.56. The van der Waals surface area contributed by atoms with Crippen molar-refractivity contribution in [3.63, 3.8) is 0 Å². The van der Waals surface area contributed by atoms with Crippen LogP contribution in [0.3, 0.4) is 0 Å². The van der Waals surface area contributed by atoms with Crippen LogP contribution in [-0.2, 0) is 9.59 Å². The Kier molecular flexibility index (Phi) is 6.68. The van der Waals surface area contributed by atoms with E-state index in [0.717, 1.165) is 38.5 Å². The first-order valence-corrected chi connectivity index (χ1v) is 8.20. The minimum atomic E-state index is -0.633. The number of carbonyl (C=O) groups excluding carboxylic acids is 2. The van der Waals surface area contributed by atoms with E-state index in [4.69, 9.17) is 5.73 Å². The fraction of sp³-hybridized carbons (Fsp3) is 0.875. The molecule has 0 aromatic carbocycles. The van der Waals surface area contributed by atoms with Crippen LogP contribution in [0.5, 0.6) is 0 Å². The normalized spacial score (nSPS) is 21.6. The molecule has 2 fully saturated rings. The van der Waals surface area contributed by atoms with Crippen molar-refractivity contribution in [2.45, 2.75) is 64.0 Å². The highest BCUT2D eigenvalue weighted by molar-refractivity contribution is 5.87. The maximum atomic E-state index is 12.5. The molecule has 0 aromatic heterocycles. The molecule has 0 radical (unpaired) electrons. The summed E-state index contributed by atoms with van der Waals surface area (Å²) in [6.45, 7) is 5.38. The Bertz CT molecular complexity index is 400. The van der Waals surface area contributed by atoms with Crippen LogP contribution in [0.15, 0.2) is 0 Å². The van der Waals surface area contributed by atoms with Gasteiger partial charge in [-0.05, 0) is 39.5 Å². The molecule has 0 atom stereocenters. The van der Waals surface area contributed by atoms with Gasteiger partial charge in [0.05, 0.1) is 5.54 Å². The lowest BCUT2D eigenvalue weighted by molar-refractivity contribution is -0.143. The Hall–Kier alpha value is -0.810. The first kappa shape index (κ1) is 19.2. The van der Waals surface area contributed by atoms with Crippen molar-refractivity contribution in [2.24, 2.45) is 11.7 Å². The van der Waals surface area contributed by atoms with Crippen LogP contribution in [0.4, 0.5) is 0 Å². The van der Waals surface area contributed by atoms with Gasteiger partial charge in [-0.25, -0.2) is 0 Å². The summed E-state index contributed by atoms with van der Waals surface area (Å²) < 4.78 is 0. The summed E-state index contributed by atoms with van der Waals surface area (Å²) >= 11 is 0. The van der Waals surface area contributed by atoms with E-state index in [1.54, 1.807) is 0 Å². The predicted molar refractivity (Wildman–Crippen MR) is 89.8 cm³/mol. The molecule has 5 nitrogen and oxygen atoms in total. The molecule has 1 saturated heterocycles. The summed E-state index contributed by atoms with van der Waals surface area (Å²) in [5.74, 6) is 0.363. The Morgan fingerprint density at radius 1 is 1.18 bits per heavy atom. The van der Waals surface area contributed by atoms with Crippen molar-refractivity contribution < 1.29 is 9.59 Å². The van der Waals surface area contributed by atoms with Crippen LogP contribution in [-0.4, -0.2) is 53.3 Å². The minimum absolute atomic E-state index is 0. The Morgan fingerprint density at radius 2 is 1.68 bits per heavy atom. The minimum Gasteiger partial charge on any atom is -0.343 e. The fourth-order valence-electron chi connectivity index (χ4n) is 3.41. The zero-order chi connectivity index (χ0) is 15.6. The molecule has 22 heavy (non-hydrogen) atoms. The van der Waals surface area contributed by atoms with Gasteiger partial charge in [-0.2, -0.15) is 0 Å². The highest BCUT2D eigenvalue weighted by Gasteiger charge is 2.41. The number of halogens is 1. The van der Waals surface area contributed by atoms with Crippen LogP contribution in [0.2, 0.25) is 0 Å². The molecule has 0 unspecified atom stereocenters. The second kappa shape index (κ2) is 7.64. The highest BCUT2D eigenvalue weighted by Crippen LogP contribution is 2.30. The molecule has 1 aliphatic carbocycles. The van der Waals surface area contributed by atoms with Gasteiger partial charge in [-0.15, -0.1) is 12.4 Å². The molecule has 1 saturated carbocycles. The highest BCUT2D eigenvalue weighted by atomic mass is 35.5. The predicted octanol–water partition coefficient (Wildman–Crippen LogP) is 1.79. The number of nitrogens with two attached hydrogens (primary N) is 1. The summed E-state index contributed by atoms with van der Waals surface area (Å²) in [4.78, 5) is 28.6. The Morgan fingerprint density at radius 3 is 2.14 bits per heavy atom. The molecule has 2 N–H and O–H groups in total. The van der Waals surface area contributed by atoms with Gasteiger partial charge in [0.15, 0.2) is 0 Å². The van der Waals surface area contributed by atoms with E-state index in [9.17, 15) is 9.59 Å². The quantitative estimate of drug-likeness (QED) is 0.857. The number of rotatable bonds is 3. The van der Waals surface area contributed by atoms with Crippen molar-refractivity contribution in [3.05, 3.63) is 0 Å². The molecule has 0 bridgehead atoms. The average molecular weight is 332 g/mol. The second-order valence-electron chi connectivity index (χ2n) is 6.97. The van der Waals surface area contributed by atoms with Crippen molar-refractivity contribution in [1.29, 1.82) is 0 Å². The van der Waals surface area contributed by atoms with Gasteiger partial charge in [0.2, 0.25) is 11.8 Å². The number of amides is 2. The Labute approximate surface area is 140 Å². The average Bonchev–Trinajstić information content (AvgIpc) is 2.93. The maximum absolute atomic E-state index is 12.5. The molecule has 0 spiro atoms. The molecule has 128 valence electrons. The van der Waals surface area contributed by atoms with Gasteiger partial charge in [-0.3, -0.25) is 9.59 Å². The molecule has 0 aromatic rings. The van der Waals surface area contributed by atoms with Gasteiger partial charge in [0.1, 0.15) is 0 Å². The third-order valence-corrected chi connectivity index (χ3v) is 5.18. The van der Waals surface area contributed by atoms with Gasteiger partial charge >= 0.3 is 0 Å². The standard InChI is InChI=1S/C16H29N3O2.ClH/c1-12(2)18(3)14(20)13-6-10-19(11-7-13)15(21)16(17)8-4-5-9-16;/h12-13H,4-11,17H2,1-3H3;1H. The summed E-state index contributed by atoms with van der Waals surface area (Å²) in [5.41, 5.74) is 5.62. The van der Waals surface area contributed by atoms with Crippen molar-refractivity contribution in [2.75, 3.05) is 20.1 Å². The third kappa shape index (κ3) is 3.93. The molecule has 2 rings (SSSR count). The number of carbonyl (C=O) groups is 2. The number of piperidine rings is 1. The van der Waals surface area contributed by atoms with Gasteiger partial charge in [0, 0.05) is 32.1 Å². The van der Waals surface area contributed by atoms with E-state index in [-0.39, 0.29) is 36.2 Å².